The average molecular weight is 234 g/mol. The molecule has 3 rings (SSSR count). The summed E-state index contributed by atoms with van der Waals surface area (Å²) >= 11 is 0. The molecule has 1 aromatic carbocycles. The molecule has 2 atom stereocenters. The number of rotatable bonds is 1. The summed E-state index contributed by atoms with van der Waals surface area (Å²) in [6, 6.07) is 7.89. The first kappa shape index (κ1) is 10.7. The second-order valence-corrected chi connectivity index (χ2v) is 4.60. The number of benzene rings is 1. The molecule has 0 bridgehead atoms. The Hall–Kier alpha value is -1.39. The predicted molar refractivity (Wildman–Crippen MR) is 59.3 cm³/mol. The number of epoxide rings is 1. The molecule has 1 aromatic rings. The zero-order chi connectivity index (χ0) is 12.1. The highest BCUT2D eigenvalue weighted by atomic mass is 16.7. The van der Waals surface area contributed by atoms with E-state index in [1.165, 1.54) is 7.11 Å². The third-order valence-electron chi connectivity index (χ3n) is 3.70. The van der Waals surface area contributed by atoms with Crippen molar-refractivity contribution in [3.8, 4) is 0 Å². The van der Waals surface area contributed by atoms with Gasteiger partial charge in [-0.1, -0.05) is 24.3 Å². The van der Waals surface area contributed by atoms with Crippen LogP contribution in [0.15, 0.2) is 24.3 Å². The van der Waals surface area contributed by atoms with Gasteiger partial charge < -0.3 is 14.2 Å². The number of ether oxygens (including phenoxy) is 3. The molecule has 1 spiro atoms. The molecule has 2 unspecified atom stereocenters. The lowest BCUT2D eigenvalue weighted by molar-refractivity contribution is -0.146. The second-order valence-electron chi connectivity index (χ2n) is 4.60. The number of esters is 1. The van der Waals surface area contributed by atoms with Crippen molar-refractivity contribution in [2.75, 3.05) is 13.7 Å². The fourth-order valence-corrected chi connectivity index (χ4v) is 2.63. The van der Waals surface area contributed by atoms with Gasteiger partial charge in [0.15, 0.2) is 11.2 Å². The molecule has 0 saturated carbocycles. The van der Waals surface area contributed by atoms with Crippen molar-refractivity contribution in [1.82, 2.24) is 0 Å². The Morgan fingerprint density at radius 2 is 2.18 bits per heavy atom. The van der Waals surface area contributed by atoms with Gasteiger partial charge in [0.05, 0.1) is 20.3 Å². The maximum absolute atomic E-state index is 11.8. The van der Waals surface area contributed by atoms with E-state index >= 15 is 0 Å². The monoisotopic (exact) mass is 234 g/mol. The predicted octanol–water partition coefficient (Wildman–Crippen LogP) is 1.37. The molecule has 0 radical (unpaired) electrons. The van der Waals surface area contributed by atoms with Crippen molar-refractivity contribution >= 4 is 5.97 Å². The lowest BCUT2D eigenvalue weighted by Crippen LogP contribution is -2.36. The van der Waals surface area contributed by atoms with E-state index in [2.05, 4.69) is 0 Å². The minimum absolute atomic E-state index is 0.349. The van der Waals surface area contributed by atoms with Crippen molar-refractivity contribution in [3.63, 3.8) is 0 Å². The molecule has 2 heterocycles. The van der Waals surface area contributed by atoms with Gasteiger partial charge in [-0.2, -0.15) is 0 Å². The summed E-state index contributed by atoms with van der Waals surface area (Å²) in [5.74, 6) is -0.349. The maximum atomic E-state index is 11.8. The smallest absolute Gasteiger partial charge is 0.341 e. The van der Waals surface area contributed by atoms with E-state index in [9.17, 15) is 4.79 Å². The highest BCUT2D eigenvalue weighted by molar-refractivity contribution is 5.85. The first-order valence-electron chi connectivity index (χ1n) is 5.59. The van der Waals surface area contributed by atoms with Gasteiger partial charge in [-0.05, 0) is 18.1 Å². The highest BCUT2D eigenvalue weighted by Gasteiger charge is 2.74. The topological polar surface area (TPSA) is 48.1 Å². The molecule has 2 aliphatic rings. The van der Waals surface area contributed by atoms with E-state index in [0.717, 1.165) is 11.1 Å². The summed E-state index contributed by atoms with van der Waals surface area (Å²) in [6.07, 6.45) is 0. The molecule has 0 amide bonds. The largest absolute Gasteiger partial charge is 0.467 e. The van der Waals surface area contributed by atoms with Gasteiger partial charge in [-0.15, -0.1) is 0 Å². The fourth-order valence-electron chi connectivity index (χ4n) is 2.63. The zero-order valence-corrected chi connectivity index (χ0v) is 9.86. The van der Waals surface area contributed by atoms with Gasteiger partial charge in [0.2, 0.25) is 0 Å². The van der Waals surface area contributed by atoms with Crippen molar-refractivity contribution in [3.05, 3.63) is 35.4 Å². The lowest BCUT2D eigenvalue weighted by atomic mass is 9.84. The Morgan fingerprint density at radius 1 is 1.41 bits per heavy atom. The van der Waals surface area contributed by atoms with Crippen LogP contribution in [0.5, 0.6) is 0 Å². The Kier molecular flexibility index (Phi) is 2.09. The number of methoxy groups -OCH3 is 1. The number of carbonyl (C=O) groups is 1. The summed E-state index contributed by atoms with van der Waals surface area (Å²) in [5.41, 5.74) is 0.540. The molecule has 1 fully saturated rings. The third kappa shape index (κ3) is 1.22. The van der Waals surface area contributed by atoms with Gasteiger partial charge in [-0.3, -0.25) is 0 Å². The Morgan fingerprint density at radius 3 is 2.94 bits per heavy atom. The van der Waals surface area contributed by atoms with Gasteiger partial charge in [-0.25, -0.2) is 4.79 Å². The zero-order valence-electron chi connectivity index (χ0n) is 9.86. The highest BCUT2D eigenvalue weighted by Crippen LogP contribution is 2.58. The summed E-state index contributed by atoms with van der Waals surface area (Å²) < 4.78 is 16.0. The molecule has 90 valence electrons. The van der Waals surface area contributed by atoms with E-state index in [-0.39, 0.29) is 5.97 Å². The van der Waals surface area contributed by atoms with Crippen LogP contribution in [0.25, 0.3) is 0 Å². The molecule has 2 aliphatic heterocycles. The summed E-state index contributed by atoms with van der Waals surface area (Å²) in [4.78, 5) is 11.8. The van der Waals surface area contributed by atoms with Crippen molar-refractivity contribution < 1.29 is 19.0 Å². The van der Waals surface area contributed by atoms with Crippen LogP contribution in [0.4, 0.5) is 0 Å². The Balaban J connectivity index is 2.06. The quantitative estimate of drug-likeness (QED) is 0.544. The average Bonchev–Trinajstić information content (AvgIpc) is 2.96. The van der Waals surface area contributed by atoms with Crippen LogP contribution in [-0.2, 0) is 31.2 Å². The lowest BCUT2D eigenvalue weighted by Gasteiger charge is -2.24. The van der Waals surface area contributed by atoms with Crippen LogP contribution in [0.1, 0.15) is 18.1 Å². The van der Waals surface area contributed by atoms with Crippen LogP contribution in [0, 0.1) is 0 Å². The van der Waals surface area contributed by atoms with Gasteiger partial charge >= 0.3 is 5.97 Å². The minimum Gasteiger partial charge on any atom is -0.467 e. The summed E-state index contributed by atoms with van der Waals surface area (Å²) in [7, 11) is 1.37. The van der Waals surface area contributed by atoms with E-state index in [1.807, 2.05) is 24.3 Å². The normalized spacial score (nSPS) is 34.2. The summed E-state index contributed by atoms with van der Waals surface area (Å²) in [5, 5.41) is 0. The first-order valence-corrected chi connectivity index (χ1v) is 5.59. The van der Waals surface area contributed by atoms with Gasteiger partial charge in [0, 0.05) is 0 Å². The third-order valence-corrected chi connectivity index (χ3v) is 3.70. The molecule has 0 aromatic heterocycles. The molecule has 0 N–H and O–H groups in total. The maximum Gasteiger partial charge on any atom is 0.341 e. The Bertz CT molecular complexity index is 484. The molecule has 0 aliphatic carbocycles. The first-order chi connectivity index (χ1) is 8.14. The van der Waals surface area contributed by atoms with Crippen LogP contribution in [-0.4, -0.2) is 25.3 Å². The van der Waals surface area contributed by atoms with E-state index < -0.39 is 11.2 Å². The van der Waals surface area contributed by atoms with E-state index in [1.54, 1.807) is 6.92 Å². The van der Waals surface area contributed by atoms with E-state index in [4.69, 9.17) is 14.2 Å². The number of hydrogen-bond acceptors (Lipinski definition) is 4. The fraction of sp³-hybridized carbons (Fsp3) is 0.462. The number of hydrogen-bond donors (Lipinski definition) is 0. The van der Waals surface area contributed by atoms with Crippen molar-refractivity contribution in [2.24, 2.45) is 0 Å². The SMILES string of the molecule is COC(=O)C1(C)OC12COCc1ccccc12. The van der Waals surface area contributed by atoms with Crippen LogP contribution in [0.3, 0.4) is 0 Å². The Labute approximate surface area is 99.5 Å². The standard InChI is InChI=1S/C13H14O4/c1-12(11(14)15-2)13(17-12)8-16-7-9-5-3-4-6-10(9)13/h3-6H,7-8H2,1-2H3. The second kappa shape index (κ2) is 3.31. The van der Waals surface area contributed by atoms with Crippen LogP contribution in [0.2, 0.25) is 0 Å². The van der Waals surface area contributed by atoms with Crippen molar-refractivity contribution in [2.45, 2.75) is 24.7 Å². The molecule has 4 nitrogen and oxygen atoms in total. The molecular weight excluding hydrogens is 220 g/mol. The molecule has 17 heavy (non-hydrogen) atoms. The molecular formula is C13H14O4. The number of carbonyl (C=O) groups excluding carboxylic acids is 1. The summed E-state index contributed by atoms with van der Waals surface area (Å²) in [6.45, 7) is 2.72. The van der Waals surface area contributed by atoms with E-state index in [0.29, 0.717) is 13.2 Å². The van der Waals surface area contributed by atoms with Gasteiger partial charge in [0.1, 0.15) is 0 Å². The van der Waals surface area contributed by atoms with Gasteiger partial charge in [0.25, 0.3) is 0 Å². The van der Waals surface area contributed by atoms with Crippen LogP contribution >= 0.6 is 0 Å². The van der Waals surface area contributed by atoms with Crippen LogP contribution < -0.4 is 0 Å². The minimum atomic E-state index is -0.918. The molecule has 4 heteroatoms. The molecule has 1 saturated heterocycles. The van der Waals surface area contributed by atoms with Crippen molar-refractivity contribution in [1.29, 1.82) is 0 Å². The number of fused-ring (bicyclic) bond motifs is 2.